The second-order valence-electron chi connectivity index (χ2n) is 5.90. The number of unbranched alkanes of at least 4 members (excludes halogenated alkanes) is 1. The van der Waals surface area contributed by atoms with Gasteiger partial charge in [0.05, 0.1) is 13.2 Å². The highest BCUT2D eigenvalue weighted by atomic mass is 16.5. The standard InChI is InChI=1S/C18H24N2O2/c1-3-4-9-20-16-8-6-5-7-15(16)14(2)17(20)18(21)19-10-12-22-13-11-19/h5-8H,3-4,9-13H2,1-2H3. The van der Waals surface area contributed by atoms with Crippen molar-refractivity contribution in [2.24, 2.45) is 0 Å². The average Bonchev–Trinajstić information content (AvgIpc) is 2.86. The fourth-order valence-corrected chi connectivity index (χ4v) is 3.22. The topological polar surface area (TPSA) is 34.5 Å². The predicted octanol–water partition coefficient (Wildman–Crippen LogP) is 3.22. The monoisotopic (exact) mass is 300 g/mol. The molecule has 0 radical (unpaired) electrons. The lowest BCUT2D eigenvalue weighted by atomic mass is 10.1. The maximum absolute atomic E-state index is 13.0. The number of aromatic nitrogens is 1. The minimum Gasteiger partial charge on any atom is -0.378 e. The molecule has 0 saturated carbocycles. The molecule has 1 aromatic carbocycles. The van der Waals surface area contributed by atoms with Gasteiger partial charge in [0.25, 0.3) is 5.91 Å². The Labute approximate surface area is 131 Å². The number of nitrogens with zero attached hydrogens (tertiary/aromatic N) is 2. The Morgan fingerprint density at radius 1 is 1.23 bits per heavy atom. The van der Waals surface area contributed by atoms with Crippen molar-refractivity contribution >= 4 is 16.8 Å². The van der Waals surface area contributed by atoms with Crippen LogP contribution in [0.5, 0.6) is 0 Å². The third-order valence-corrected chi connectivity index (χ3v) is 4.46. The maximum atomic E-state index is 13.0. The summed E-state index contributed by atoms with van der Waals surface area (Å²) in [7, 11) is 0. The molecular weight excluding hydrogens is 276 g/mol. The highest BCUT2D eigenvalue weighted by Crippen LogP contribution is 2.27. The molecule has 2 aromatic rings. The van der Waals surface area contributed by atoms with Crippen molar-refractivity contribution in [3.05, 3.63) is 35.5 Å². The van der Waals surface area contributed by atoms with E-state index in [1.165, 1.54) is 10.9 Å². The third-order valence-electron chi connectivity index (χ3n) is 4.46. The number of ether oxygens (including phenoxy) is 1. The molecule has 4 heteroatoms. The Balaban J connectivity index is 2.06. The molecule has 1 aliphatic heterocycles. The van der Waals surface area contributed by atoms with Gasteiger partial charge in [-0.3, -0.25) is 4.79 Å². The zero-order valence-corrected chi connectivity index (χ0v) is 13.5. The highest BCUT2D eigenvalue weighted by Gasteiger charge is 2.25. The van der Waals surface area contributed by atoms with Crippen LogP contribution in [0.15, 0.2) is 24.3 Å². The molecule has 118 valence electrons. The quantitative estimate of drug-likeness (QED) is 0.869. The molecule has 3 rings (SSSR count). The molecule has 0 spiro atoms. The van der Waals surface area contributed by atoms with Crippen molar-refractivity contribution in [2.75, 3.05) is 26.3 Å². The number of hydrogen-bond donors (Lipinski definition) is 0. The number of hydrogen-bond acceptors (Lipinski definition) is 2. The summed E-state index contributed by atoms with van der Waals surface area (Å²) in [4.78, 5) is 14.9. The van der Waals surface area contributed by atoms with Crippen LogP contribution in [0.1, 0.15) is 35.8 Å². The summed E-state index contributed by atoms with van der Waals surface area (Å²) in [5.41, 5.74) is 3.13. The molecule has 0 N–H and O–H groups in total. The number of aryl methyl sites for hydroxylation is 2. The van der Waals surface area contributed by atoms with Crippen molar-refractivity contribution < 1.29 is 9.53 Å². The number of carbonyl (C=O) groups excluding carboxylic acids is 1. The number of fused-ring (bicyclic) bond motifs is 1. The van der Waals surface area contributed by atoms with Crippen LogP contribution in [0.2, 0.25) is 0 Å². The van der Waals surface area contributed by atoms with Crippen LogP contribution in [-0.4, -0.2) is 41.7 Å². The molecular formula is C18H24N2O2. The minimum absolute atomic E-state index is 0.146. The van der Waals surface area contributed by atoms with E-state index in [9.17, 15) is 4.79 Å². The number of carbonyl (C=O) groups is 1. The first-order valence-corrected chi connectivity index (χ1v) is 8.19. The van der Waals surface area contributed by atoms with E-state index in [2.05, 4.69) is 30.5 Å². The van der Waals surface area contributed by atoms with E-state index >= 15 is 0 Å². The first-order chi connectivity index (χ1) is 10.7. The van der Waals surface area contributed by atoms with Gasteiger partial charge in [0.2, 0.25) is 0 Å². The van der Waals surface area contributed by atoms with Crippen LogP contribution in [0.3, 0.4) is 0 Å². The largest absolute Gasteiger partial charge is 0.378 e. The molecule has 1 saturated heterocycles. The van der Waals surface area contributed by atoms with E-state index < -0.39 is 0 Å². The van der Waals surface area contributed by atoms with E-state index in [0.29, 0.717) is 26.3 Å². The second-order valence-corrected chi connectivity index (χ2v) is 5.90. The minimum atomic E-state index is 0.146. The average molecular weight is 300 g/mol. The Morgan fingerprint density at radius 2 is 1.95 bits per heavy atom. The van der Waals surface area contributed by atoms with Gasteiger partial charge in [-0.1, -0.05) is 31.5 Å². The molecule has 0 bridgehead atoms. The van der Waals surface area contributed by atoms with Crippen molar-refractivity contribution in [3.63, 3.8) is 0 Å². The second kappa shape index (κ2) is 6.53. The van der Waals surface area contributed by atoms with Crippen molar-refractivity contribution in [1.82, 2.24) is 9.47 Å². The van der Waals surface area contributed by atoms with Gasteiger partial charge in [0.1, 0.15) is 5.69 Å². The van der Waals surface area contributed by atoms with E-state index in [0.717, 1.165) is 30.6 Å². The number of rotatable bonds is 4. The molecule has 1 aliphatic rings. The zero-order chi connectivity index (χ0) is 15.5. The Hall–Kier alpha value is -1.81. The molecule has 1 aromatic heterocycles. The van der Waals surface area contributed by atoms with Crippen LogP contribution >= 0.6 is 0 Å². The summed E-state index contributed by atoms with van der Waals surface area (Å²) < 4.78 is 7.58. The molecule has 22 heavy (non-hydrogen) atoms. The molecule has 4 nitrogen and oxygen atoms in total. The lowest BCUT2D eigenvalue weighted by Crippen LogP contribution is -2.41. The van der Waals surface area contributed by atoms with Crippen LogP contribution in [-0.2, 0) is 11.3 Å². The van der Waals surface area contributed by atoms with Gasteiger partial charge in [-0.25, -0.2) is 0 Å². The fourth-order valence-electron chi connectivity index (χ4n) is 3.22. The molecule has 0 atom stereocenters. The Kier molecular flexibility index (Phi) is 4.48. The zero-order valence-electron chi connectivity index (χ0n) is 13.5. The van der Waals surface area contributed by atoms with Gasteiger partial charge in [0.15, 0.2) is 0 Å². The van der Waals surface area contributed by atoms with Crippen LogP contribution in [0, 0.1) is 6.92 Å². The summed E-state index contributed by atoms with van der Waals surface area (Å²) >= 11 is 0. The number of morpholine rings is 1. The van der Waals surface area contributed by atoms with Gasteiger partial charge < -0.3 is 14.2 Å². The maximum Gasteiger partial charge on any atom is 0.270 e. The van der Waals surface area contributed by atoms with Gasteiger partial charge >= 0.3 is 0 Å². The van der Waals surface area contributed by atoms with E-state index in [1.807, 2.05) is 17.0 Å². The summed E-state index contributed by atoms with van der Waals surface area (Å²) in [6.07, 6.45) is 2.21. The molecule has 1 fully saturated rings. The van der Waals surface area contributed by atoms with Gasteiger partial charge in [-0.2, -0.15) is 0 Å². The van der Waals surface area contributed by atoms with Crippen molar-refractivity contribution in [2.45, 2.75) is 33.2 Å². The SMILES string of the molecule is CCCCn1c(C(=O)N2CCOCC2)c(C)c2ccccc21. The lowest BCUT2D eigenvalue weighted by Gasteiger charge is -2.27. The summed E-state index contributed by atoms with van der Waals surface area (Å²) in [6, 6.07) is 8.33. The van der Waals surface area contributed by atoms with E-state index in [4.69, 9.17) is 4.74 Å². The Morgan fingerprint density at radius 3 is 2.68 bits per heavy atom. The first kappa shape index (κ1) is 15.1. The van der Waals surface area contributed by atoms with Crippen molar-refractivity contribution in [3.8, 4) is 0 Å². The third kappa shape index (κ3) is 2.63. The molecule has 2 heterocycles. The molecule has 1 amide bonds. The van der Waals surface area contributed by atoms with Crippen molar-refractivity contribution in [1.29, 1.82) is 0 Å². The summed E-state index contributed by atoms with van der Waals surface area (Å²) in [5, 5.41) is 1.19. The summed E-state index contributed by atoms with van der Waals surface area (Å²) in [5.74, 6) is 0.146. The van der Waals surface area contributed by atoms with Crippen LogP contribution in [0.4, 0.5) is 0 Å². The molecule has 0 unspecified atom stereocenters. The smallest absolute Gasteiger partial charge is 0.270 e. The number of benzene rings is 1. The molecule has 0 aliphatic carbocycles. The van der Waals surface area contributed by atoms with E-state index in [-0.39, 0.29) is 5.91 Å². The fraction of sp³-hybridized carbons (Fsp3) is 0.500. The number of amides is 1. The predicted molar refractivity (Wildman–Crippen MR) is 88.3 cm³/mol. The van der Waals surface area contributed by atoms with E-state index in [1.54, 1.807) is 0 Å². The normalized spacial score (nSPS) is 15.5. The highest BCUT2D eigenvalue weighted by molar-refractivity contribution is 6.01. The summed E-state index contributed by atoms with van der Waals surface area (Å²) in [6.45, 7) is 7.80. The van der Waals surface area contributed by atoms with Gasteiger partial charge in [-0.15, -0.1) is 0 Å². The van der Waals surface area contributed by atoms with Gasteiger partial charge in [-0.05, 0) is 25.0 Å². The Bertz CT molecular complexity index is 669. The van der Waals surface area contributed by atoms with Crippen LogP contribution in [0.25, 0.3) is 10.9 Å². The van der Waals surface area contributed by atoms with Crippen LogP contribution < -0.4 is 0 Å². The first-order valence-electron chi connectivity index (χ1n) is 8.19. The number of para-hydroxylation sites is 1. The lowest BCUT2D eigenvalue weighted by molar-refractivity contribution is 0.0295. The van der Waals surface area contributed by atoms with Gasteiger partial charge in [0, 0.05) is 30.5 Å².